The van der Waals surface area contributed by atoms with Crippen molar-refractivity contribution >= 4 is 29.4 Å². The monoisotopic (exact) mass is 308 g/mol. The molecule has 0 spiro atoms. The highest BCUT2D eigenvalue weighted by atomic mass is 35.5. The van der Waals surface area contributed by atoms with Crippen LogP contribution in [0.15, 0.2) is 36.4 Å². The summed E-state index contributed by atoms with van der Waals surface area (Å²) in [7, 11) is 0. The van der Waals surface area contributed by atoms with E-state index in [1.54, 1.807) is 31.2 Å². The van der Waals surface area contributed by atoms with Crippen LogP contribution >= 0.6 is 11.6 Å². The van der Waals surface area contributed by atoms with Gasteiger partial charge in [0.15, 0.2) is 6.61 Å². The van der Waals surface area contributed by atoms with Gasteiger partial charge in [-0.25, -0.2) is 9.36 Å². The molecule has 0 aliphatic rings. The molecule has 6 nitrogen and oxygen atoms in total. The molecule has 0 radical (unpaired) electrons. The highest BCUT2D eigenvalue weighted by Crippen LogP contribution is 2.24. The Kier molecular flexibility index (Phi) is 4.49. The molecule has 2 rings (SSSR count). The van der Waals surface area contributed by atoms with Crippen molar-refractivity contribution in [3.63, 3.8) is 0 Å². The summed E-state index contributed by atoms with van der Waals surface area (Å²) >= 11 is 5.87. The van der Waals surface area contributed by atoms with Crippen LogP contribution in [0, 0.1) is 6.92 Å². The molecule has 0 saturated carbocycles. The predicted octanol–water partition coefficient (Wildman–Crippen LogP) is 2.99. The van der Waals surface area contributed by atoms with Crippen LogP contribution in [-0.4, -0.2) is 28.3 Å². The van der Waals surface area contributed by atoms with Gasteiger partial charge in [-0.3, -0.25) is 4.79 Å². The van der Waals surface area contributed by atoms with E-state index in [1.807, 2.05) is 6.07 Å². The van der Waals surface area contributed by atoms with Gasteiger partial charge in [-0.1, -0.05) is 29.8 Å². The zero-order valence-corrected chi connectivity index (χ0v) is 11.9. The smallest absolute Gasteiger partial charge is 0.417 e. The minimum Gasteiger partial charge on any atom is -0.484 e. The number of carbonyl (C=O) groups excluding carboxylic acids is 1. The molecular weight excluding hydrogens is 296 g/mol. The molecule has 0 aliphatic carbocycles. The minimum absolute atomic E-state index is 0.0895. The summed E-state index contributed by atoms with van der Waals surface area (Å²) in [5.74, 6) is 0.165. The number of aromatic nitrogens is 1. The van der Waals surface area contributed by atoms with Crippen molar-refractivity contribution in [1.29, 1.82) is 0 Å². The Morgan fingerprint density at radius 1 is 1.33 bits per heavy atom. The predicted molar refractivity (Wildman–Crippen MR) is 78.2 cm³/mol. The molecular formula is C14H13ClN2O4. The Balaban J connectivity index is 2.03. The Morgan fingerprint density at radius 2 is 2.00 bits per heavy atom. The first kappa shape index (κ1) is 14.9. The summed E-state index contributed by atoms with van der Waals surface area (Å²) in [6.07, 6.45) is -1.22. The van der Waals surface area contributed by atoms with E-state index in [0.717, 1.165) is 4.57 Å². The van der Waals surface area contributed by atoms with Gasteiger partial charge in [0.25, 0.3) is 5.91 Å². The second kappa shape index (κ2) is 6.32. The van der Waals surface area contributed by atoms with E-state index in [4.69, 9.17) is 21.4 Å². The van der Waals surface area contributed by atoms with Crippen LogP contribution in [0.5, 0.6) is 5.75 Å². The van der Waals surface area contributed by atoms with Crippen molar-refractivity contribution in [3.05, 3.63) is 47.1 Å². The van der Waals surface area contributed by atoms with Gasteiger partial charge in [-0.05, 0) is 19.1 Å². The largest absolute Gasteiger partial charge is 0.484 e. The first-order chi connectivity index (χ1) is 9.99. The van der Waals surface area contributed by atoms with Crippen LogP contribution in [0.2, 0.25) is 5.02 Å². The van der Waals surface area contributed by atoms with Crippen molar-refractivity contribution in [2.75, 3.05) is 11.9 Å². The van der Waals surface area contributed by atoms with Gasteiger partial charge >= 0.3 is 6.09 Å². The molecule has 1 aromatic heterocycles. The molecule has 0 fully saturated rings. The number of ether oxygens (including phenoxy) is 1. The Morgan fingerprint density at radius 3 is 2.62 bits per heavy atom. The van der Waals surface area contributed by atoms with Gasteiger partial charge in [-0.2, -0.15) is 0 Å². The third-order valence-corrected chi connectivity index (χ3v) is 3.14. The van der Waals surface area contributed by atoms with E-state index >= 15 is 0 Å². The molecule has 7 heteroatoms. The van der Waals surface area contributed by atoms with Gasteiger partial charge in [0.2, 0.25) is 0 Å². The molecule has 2 N–H and O–H groups in total. The van der Waals surface area contributed by atoms with Crippen LogP contribution in [0.1, 0.15) is 5.69 Å². The molecule has 2 aromatic rings. The van der Waals surface area contributed by atoms with E-state index in [-0.39, 0.29) is 17.4 Å². The second-order valence-electron chi connectivity index (χ2n) is 4.23. The van der Waals surface area contributed by atoms with Crippen molar-refractivity contribution < 1.29 is 19.4 Å². The zero-order valence-electron chi connectivity index (χ0n) is 11.2. The van der Waals surface area contributed by atoms with Gasteiger partial charge in [0.05, 0.1) is 5.02 Å². The van der Waals surface area contributed by atoms with Crippen LogP contribution in [0.25, 0.3) is 0 Å². The van der Waals surface area contributed by atoms with Crippen LogP contribution < -0.4 is 10.1 Å². The number of carboxylic acid groups (broad SMARTS) is 1. The molecule has 1 heterocycles. The highest BCUT2D eigenvalue weighted by molar-refractivity contribution is 6.32. The van der Waals surface area contributed by atoms with E-state index in [2.05, 4.69) is 5.32 Å². The number of rotatable bonds is 4. The first-order valence-corrected chi connectivity index (χ1v) is 6.45. The van der Waals surface area contributed by atoms with Crippen LogP contribution in [0.4, 0.5) is 10.6 Å². The fourth-order valence-electron chi connectivity index (χ4n) is 1.76. The van der Waals surface area contributed by atoms with Gasteiger partial charge in [0.1, 0.15) is 11.6 Å². The fourth-order valence-corrected chi connectivity index (χ4v) is 1.95. The van der Waals surface area contributed by atoms with Crippen molar-refractivity contribution in [2.45, 2.75) is 6.92 Å². The fraction of sp³-hybridized carbons (Fsp3) is 0.143. The normalized spacial score (nSPS) is 10.2. The summed E-state index contributed by atoms with van der Waals surface area (Å²) in [6.45, 7) is 1.32. The number of carbonyl (C=O) groups is 2. The highest BCUT2D eigenvalue weighted by Gasteiger charge is 2.17. The number of anilines is 1. The molecule has 110 valence electrons. The maximum Gasteiger partial charge on any atom is 0.417 e. The van der Waals surface area contributed by atoms with Gasteiger partial charge < -0.3 is 15.2 Å². The molecule has 0 bridgehead atoms. The standard InChI is InChI=1S/C14H13ClN2O4/c1-9-11(15)7-12(17(9)14(19)20)16-13(18)8-21-10-5-3-2-4-6-10/h2-7H,8H2,1H3,(H,16,18)(H,19,20). The quantitative estimate of drug-likeness (QED) is 0.910. The van der Waals surface area contributed by atoms with Crippen molar-refractivity contribution in [2.24, 2.45) is 0 Å². The Labute approximate surface area is 125 Å². The van der Waals surface area contributed by atoms with Gasteiger partial charge in [-0.15, -0.1) is 0 Å². The first-order valence-electron chi connectivity index (χ1n) is 6.08. The third-order valence-electron chi connectivity index (χ3n) is 2.76. The molecule has 1 aromatic carbocycles. The number of amides is 1. The SMILES string of the molecule is Cc1c(Cl)cc(NC(=O)COc2ccccc2)n1C(=O)O. The number of nitrogens with zero attached hydrogens (tertiary/aromatic N) is 1. The van der Waals surface area contributed by atoms with E-state index < -0.39 is 12.0 Å². The summed E-state index contributed by atoms with van der Waals surface area (Å²) < 4.78 is 6.18. The van der Waals surface area contributed by atoms with Crippen LogP contribution in [0.3, 0.4) is 0 Å². The van der Waals surface area contributed by atoms with Gasteiger partial charge in [0, 0.05) is 11.8 Å². The Bertz CT molecular complexity index is 667. The second-order valence-corrected chi connectivity index (χ2v) is 4.64. The van der Waals surface area contributed by atoms with Crippen LogP contribution in [-0.2, 0) is 4.79 Å². The van der Waals surface area contributed by atoms with E-state index in [0.29, 0.717) is 11.4 Å². The topological polar surface area (TPSA) is 80.6 Å². The molecule has 0 aliphatic heterocycles. The average molecular weight is 309 g/mol. The van der Waals surface area contributed by atoms with Crippen molar-refractivity contribution in [3.8, 4) is 5.75 Å². The molecule has 0 atom stereocenters. The van der Waals surface area contributed by atoms with E-state index in [1.165, 1.54) is 6.07 Å². The summed E-state index contributed by atoms with van der Waals surface area (Å²) in [5, 5.41) is 11.8. The van der Waals surface area contributed by atoms with E-state index in [9.17, 15) is 9.59 Å². The lowest BCUT2D eigenvalue weighted by molar-refractivity contribution is -0.118. The lowest BCUT2D eigenvalue weighted by Gasteiger charge is -2.09. The number of para-hydroxylation sites is 1. The number of hydrogen-bond acceptors (Lipinski definition) is 3. The lowest BCUT2D eigenvalue weighted by atomic mass is 10.3. The maximum atomic E-state index is 11.8. The average Bonchev–Trinajstić information content (AvgIpc) is 2.72. The summed E-state index contributed by atoms with van der Waals surface area (Å²) in [4.78, 5) is 22.9. The molecule has 0 unspecified atom stereocenters. The number of hydrogen-bond donors (Lipinski definition) is 2. The molecule has 0 saturated heterocycles. The molecule has 21 heavy (non-hydrogen) atoms. The third kappa shape index (κ3) is 3.55. The minimum atomic E-state index is -1.22. The molecule has 1 amide bonds. The maximum absolute atomic E-state index is 11.8. The van der Waals surface area contributed by atoms with Crippen molar-refractivity contribution in [1.82, 2.24) is 4.57 Å². The Hall–Kier alpha value is -2.47. The number of halogens is 1. The summed E-state index contributed by atoms with van der Waals surface area (Å²) in [6, 6.07) is 10.2. The number of nitrogens with one attached hydrogen (secondary N) is 1. The number of benzene rings is 1. The summed E-state index contributed by atoms with van der Waals surface area (Å²) in [5.41, 5.74) is 0.337. The zero-order chi connectivity index (χ0) is 15.4. The lowest BCUT2D eigenvalue weighted by Crippen LogP contribution is -2.23.